The zero-order valence-electron chi connectivity index (χ0n) is 18.3. The average molecular weight is 403 g/mol. The summed E-state index contributed by atoms with van der Waals surface area (Å²) in [6.45, 7) is 13.3. The number of rotatable bonds is 5. The van der Waals surface area contributed by atoms with Crippen molar-refractivity contribution in [2.24, 2.45) is 11.8 Å². The fraction of sp³-hybridized carbons (Fsp3) is 0.583. The van der Waals surface area contributed by atoms with Crippen LogP contribution in [0.4, 0.5) is 0 Å². The van der Waals surface area contributed by atoms with Gasteiger partial charge in [-0.3, -0.25) is 9.59 Å². The van der Waals surface area contributed by atoms with Gasteiger partial charge in [0.1, 0.15) is 6.10 Å². The van der Waals surface area contributed by atoms with Crippen LogP contribution in [-0.2, 0) is 23.8 Å². The molecule has 0 bridgehead atoms. The third kappa shape index (κ3) is 6.62. The van der Waals surface area contributed by atoms with Gasteiger partial charge in [-0.2, -0.15) is 0 Å². The summed E-state index contributed by atoms with van der Waals surface area (Å²) in [5, 5.41) is 0. The Morgan fingerprint density at radius 1 is 1.24 bits per heavy atom. The fourth-order valence-corrected chi connectivity index (χ4v) is 4.07. The Hall–Kier alpha value is -2.30. The van der Waals surface area contributed by atoms with Crippen molar-refractivity contribution < 1.29 is 23.8 Å². The van der Waals surface area contributed by atoms with Gasteiger partial charge in [-0.05, 0) is 46.5 Å². The Labute approximate surface area is 174 Å². The Balaban J connectivity index is 2.45. The molecule has 0 radical (unpaired) electrons. The predicted molar refractivity (Wildman–Crippen MR) is 113 cm³/mol. The normalized spacial score (nSPS) is 27.3. The largest absolute Gasteiger partial charge is 0.462 e. The summed E-state index contributed by atoms with van der Waals surface area (Å²) in [6.07, 6.45) is 8.92. The highest BCUT2D eigenvalue weighted by Gasteiger charge is 2.42. The van der Waals surface area contributed by atoms with E-state index in [0.29, 0.717) is 6.42 Å². The topological polar surface area (TPSA) is 61.8 Å². The van der Waals surface area contributed by atoms with Crippen LogP contribution < -0.4 is 0 Å². The van der Waals surface area contributed by atoms with Crippen molar-refractivity contribution in [1.82, 2.24) is 0 Å². The minimum Gasteiger partial charge on any atom is -0.462 e. The summed E-state index contributed by atoms with van der Waals surface area (Å²) in [5.74, 6) is -0.844. The van der Waals surface area contributed by atoms with Crippen LogP contribution in [0, 0.1) is 11.8 Å². The molecule has 5 heteroatoms. The number of allylic oxidation sites excluding steroid dienone is 3. The van der Waals surface area contributed by atoms with Crippen molar-refractivity contribution in [3.63, 3.8) is 0 Å². The van der Waals surface area contributed by atoms with Crippen LogP contribution in [0.2, 0.25) is 0 Å². The summed E-state index contributed by atoms with van der Waals surface area (Å²) in [4.78, 5) is 23.5. The van der Waals surface area contributed by atoms with Crippen molar-refractivity contribution in [2.45, 2.75) is 79.1 Å². The minimum atomic E-state index is -0.700. The molecule has 0 amide bonds. The van der Waals surface area contributed by atoms with Crippen LogP contribution >= 0.6 is 0 Å². The molecular formula is C24H34O5. The molecule has 160 valence electrons. The molecule has 0 saturated heterocycles. The third-order valence-corrected chi connectivity index (χ3v) is 5.47. The van der Waals surface area contributed by atoms with Crippen molar-refractivity contribution in [1.29, 1.82) is 0 Å². The Bertz CT molecular complexity index is 724. The van der Waals surface area contributed by atoms with Crippen LogP contribution in [0.1, 0.15) is 66.7 Å². The molecule has 0 fully saturated rings. The number of hydrogen-bond acceptors (Lipinski definition) is 5. The number of hydrogen-bond donors (Lipinski definition) is 0. The Kier molecular flexibility index (Phi) is 8.30. The molecule has 2 aliphatic rings. The summed E-state index contributed by atoms with van der Waals surface area (Å²) in [5.41, 5.74) is 4.43. The average Bonchev–Trinajstić information content (AvgIpc) is 2.68. The molecule has 0 spiro atoms. The van der Waals surface area contributed by atoms with Gasteiger partial charge in [0.05, 0.1) is 12.2 Å². The summed E-state index contributed by atoms with van der Waals surface area (Å²) in [7, 11) is 0. The molecule has 1 aliphatic carbocycles. The van der Waals surface area contributed by atoms with E-state index in [-0.39, 0.29) is 23.8 Å². The van der Waals surface area contributed by atoms with Crippen LogP contribution in [0.15, 0.2) is 47.3 Å². The lowest BCUT2D eigenvalue weighted by Gasteiger charge is -2.40. The van der Waals surface area contributed by atoms with Gasteiger partial charge in [-0.25, -0.2) is 0 Å². The maximum absolute atomic E-state index is 11.8. The van der Waals surface area contributed by atoms with Crippen molar-refractivity contribution in [3.8, 4) is 0 Å². The molecule has 0 aromatic rings. The second-order valence-corrected chi connectivity index (χ2v) is 8.27. The van der Waals surface area contributed by atoms with E-state index < -0.39 is 12.4 Å². The first-order valence-electron chi connectivity index (χ1n) is 10.4. The first kappa shape index (κ1) is 23.0. The molecule has 1 aliphatic heterocycles. The smallest absolute Gasteiger partial charge is 0.305 e. The molecule has 0 N–H and O–H groups in total. The lowest BCUT2D eigenvalue weighted by molar-refractivity contribution is -0.181. The van der Waals surface area contributed by atoms with Gasteiger partial charge in [0, 0.05) is 31.8 Å². The van der Waals surface area contributed by atoms with Crippen molar-refractivity contribution >= 4 is 11.9 Å². The highest BCUT2D eigenvalue weighted by molar-refractivity contribution is 5.67. The molecule has 1 heterocycles. The molecule has 0 saturated carbocycles. The highest BCUT2D eigenvalue weighted by Crippen LogP contribution is 2.43. The lowest BCUT2D eigenvalue weighted by Crippen LogP contribution is -2.41. The molecule has 0 aromatic carbocycles. The second kappa shape index (κ2) is 10.5. The Morgan fingerprint density at radius 2 is 1.97 bits per heavy atom. The zero-order valence-corrected chi connectivity index (χ0v) is 18.3. The molecule has 5 nitrogen and oxygen atoms in total. The summed E-state index contributed by atoms with van der Waals surface area (Å²) < 4.78 is 17.1. The monoisotopic (exact) mass is 402 g/mol. The SMILES string of the molecule is C=C1CC/C=C(\C)CCC2C(C(CC=C(C)C)OC(C)=O)=CO[C@@H](OC(C)=O)[C@@H]12. The van der Waals surface area contributed by atoms with Gasteiger partial charge in [0.15, 0.2) is 0 Å². The van der Waals surface area contributed by atoms with E-state index in [2.05, 4.69) is 25.7 Å². The fourth-order valence-electron chi connectivity index (χ4n) is 4.07. The van der Waals surface area contributed by atoms with E-state index in [1.54, 1.807) is 6.26 Å². The lowest BCUT2D eigenvalue weighted by atomic mass is 9.74. The van der Waals surface area contributed by atoms with Crippen LogP contribution in [0.5, 0.6) is 0 Å². The summed E-state index contributed by atoms with van der Waals surface area (Å²) >= 11 is 0. The zero-order chi connectivity index (χ0) is 21.6. The van der Waals surface area contributed by atoms with E-state index in [0.717, 1.165) is 42.4 Å². The third-order valence-electron chi connectivity index (χ3n) is 5.47. The van der Waals surface area contributed by atoms with Crippen LogP contribution in [-0.4, -0.2) is 24.3 Å². The van der Waals surface area contributed by atoms with Gasteiger partial charge in [-0.15, -0.1) is 0 Å². The van der Waals surface area contributed by atoms with Crippen LogP contribution in [0.25, 0.3) is 0 Å². The van der Waals surface area contributed by atoms with E-state index in [9.17, 15) is 9.59 Å². The molecular weight excluding hydrogens is 368 g/mol. The van der Waals surface area contributed by atoms with Crippen molar-refractivity contribution in [2.75, 3.05) is 0 Å². The first-order valence-corrected chi connectivity index (χ1v) is 10.4. The molecule has 2 unspecified atom stereocenters. The van der Waals surface area contributed by atoms with Gasteiger partial charge in [0.2, 0.25) is 6.29 Å². The second-order valence-electron chi connectivity index (χ2n) is 8.27. The quantitative estimate of drug-likeness (QED) is 0.456. The minimum absolute atomic E-state index is 0.0250. The number of carbonyl (C=O) groups excluding carboxylic acids is 2. The van der Waals surface area contributed by atoms with E-state index in [4.69, 9.17) is 14.2 Å². The molecule has 2 rings (SSSR count). The number of carbonyl (C=O) groups is 2. The maximum Gasteiger partial charge on any atom is 0.305 e. The van der Waals surface area contributed by atoms with E-state index in [1.165, 1.54) is 19.4 Å². The first-order chi connectivity index (χ1) is 13.7. The van der Waals surface area contributed by atoms with Gasteiger partial charge >= 0.3 is 11.9 Å². The number of fused-ring (bicyclic) bond motifs is 1. The highest BCUT2D eigenvalue weighted by atomic mass is 16.7. The molecule has 4 atom stereocenters. The van der Waals surface area contributed by atoms with Gasteiger partial charge in [-0.1, -0.05) is 35.5 Å². The van der Waals surface area contributed by atoms with Crippen molar-refractivity contribution in [3.05, 3.63) is 47.3 Å². The van der Waals surface area contributed by atoms with Gasteiger partial charge < -0.3 is 14.2 Å². The summed E-state index contributed by atoms with van der Waals surface area (Å²) in [6, 6.07) is 0. The predicted octanol–water partition coefficient (Wildman–Crippen LogP) is 5.39. The Morgan fingerprint density at radius 3 is 2.59 bits per heavy atom. The number of esters is 2. The molecule has 0 aromatic heterocycles. The molecule has 29 heavy (non-hydrogen) atoms. The maximum atomic E-state index is 11.8. The number of ether oxygens (including phenoxy) is 3. The van der Waals surface area contributed by atoms with E-state index >= 15 is 0 Å². The van der Waals surface area contributed by atoms with E-state index in [1.807, 2.05) is 13.8 Å². The standard InChI is InChI=1S/C24H34O5/c1-15(2)10-13-22(28-18(5)25)21-14-27-24(29-19(6)26)23-17(4)9-7-8-16(3)11-12-20(21)23/h8,10,14,20,22-24H,4,7,9,11-13H2,1-3,5-6H3/b16-8+/t20?,22?,23-,24-/m0/s1. The van der Waals surface area contributed by atoms with Gasteiger partial charge in [0.25, 0.3) is 0 Å². The van der Waals surface area contributed by atoms with Crippen LogP contribution in [0.3, 0.4) is 0 Å².